The van der Waals surface area contributed by atoms with Crippen LogP contribution in [-0.4, -0.2) is 26.1 Å². The summed E-state index contributed by atoms with van der Waals surface area (Å²) in [6, 6.07) is 13.9. The quantitative estimate of drug-likeness (QED) is 0.926. The van der Waals surface area contributed by atoms with Gasteiger partial charge >= 0.3 is 0 Å². The van der Waals surface area contributed by atoms with Crippen molar-refractivity contribution in [1.82, 2.24) is 5.32 Å². The van der Waals surface area contributed by atoms with E-state index >= 15 is 0 Å². The number of hydrogen-bond donors (Lipinski definition) is 1. The summed E-state index contributed by atoms with van der Waals surface area (Å²) >= 11 is 0. The molecule has 2 aliphatic heterocycles. The molecule has 0 aliphatic carbocycles. The molecule has 2 aliphatic rings. The van der Waals surface area contributed by atoms with E-state index in [0.29, 0.717) is 0 Å². The van der Waals surface area contributed by atoms with Gasteiger partial charge in [-0.3, -0.25) is 4.79 Å². The average molecular weight is 308 g/mol. The highest BCUT2D eigenvalue weighted by atomic mass is 16.5. The average Bonchev–Trinajstić information content (AvgIpc) is 3.07. The van der Waals surface area contributed by atoms with Gasteiger partial charge in [0.15, 0.2) is 0 Å². The second-order valence-electron chi connectivity index (χ2n) is 6.12. The Morgan fingerprint density at radius 2 is 2.04 bits per heavy atom. The van der Waals surface area contributed by atoms with Crippen LogP contribution in [0.25, 0.3) is 0 Å². The number of ether oxygens (including phenoxy) is 1. The number of anilines is 1. The Bertz CT molecular complexity index is 757. The standard InChI is InChI=1S/C19H20N2O2/c1-21(15-6-7-17-14(12-15)9-11-23-17)19(22)18-16-5-3-2-4-13(16)8-10-20-18/h2-7,12,18,20H,8-11H2,1H3/t18-/m0/s1. The predicted octanol–water partition coefficient (Wildman–Crippen LogP) is 2.47. The minimum atomic E-state index is -0.269. The van der Waals surface area contributed by atoms with Gasteiger partial charge in [0.25, 0.3) is 0 Å². The fraction of sp³-hybridized carbons (Fsp3) is 0.316. The van der Waals surface area contributed by atoms with Crippen molar-refractivity contribution in [2.45, 2.75) is 18.9 Å². The molecule has 1 N–H and O–H groups in total. The zero-order valence-corrected chi connectivity index (χ0v) is 13.2. The third kappa shape index (κ3) is 2.49. The van der Waals surface area contributed by atoms with Gasteiger partial charge in [-0.05, 0) is 41.3 Å². The zero-order chi connectivity index (χ0) is 15.8. The van der Waals surface area contributed by atoms with Crippen molar-refractivity contribution in [3.63, 3.8) is 0 Å². The third-order valence-electron chi connectivity index (χ3n) is 4.75. The van der Waals surface area contributed by atoms with Crippen LogP contribution in [0, 0.1) is 0 Å². The normalized spacial score (nSPS) is 18.7. The summed E-state index contributed by atoms with van der Waals surface area (Å²) < 4.78 is 5.54. The number of rotatable bonds is 2. The summed E-state index contributed by atoms with van der Waals surface area (Å²) in [7, 11) is 1.85. The molecule has 4 nitrogen and oxygen atoms in total. The summed E-state index contributed by atoms with van der Waals surface area (Å²) in [5.41, 5.74) is 4.46. The Hall–Kier alpha value is -2.33. The summed E-state index contributed by atoms with van der Waals surface area (Å²) in [6.07, 6.45) is 1.88. The molecule has 0 aromatic heterocycles. The van der Waals surface area contributed by atoms with Crippen LogP contribution in [0.15, 0.2) is 42.5 Å². The zero-order valence-electron chi connectivity index (χ0n) is 13.2. The SMILES string of the molecule is CN(C(=O)[C@H]1NCCc2ccccc21)c1ccc2c(c1)CCO2. The van der Waals surface area contributed by atoms with Gasteiger partial charge in [0.05, 0.1) is 6.61 Å². The highest BCUT2D eigenvalue weighted by Gasteiger charge is 2.29. The number of hydrogen-bond acceptors (Lipinski definition) is 3. The lowest BCUT2D eigenvalue weighted by atomic mass is 9.93. The maximum atomic E-state index is 13.0. The summed E-state index contributed by atoms with van der Waals surface area (Å²) in [6.45, 7) is 1.56. The number of likely N-dealkylation sites (N-methyl/N-ethyl adjacent to an activating group) is 1. The van der Waals surface area contributed by atoms with Crippen molar-refractivity contribution in [3.8, 4) is 5.75 Å². The molecular formula is C19H20N2O2. The van der Waals surface area contributed by atoms with Gasteiger partial charge in [0, 0.05) is 25.7 Å². The topological polar surface area (TPSA) is 41.6 Å². The lowest BCUT2D eigenvalue weighted by Gasteiger charge is -2.29. The highest BCUT2D eigenvalue weighted by Crippen LogP contribution is 2.31. The lowest BCUT2D eigenvalue weighted by molar-refractivity contribution is -0.120. The monoisotopic (exact) mass is 308 g/mol. The van der Waals surface area contributed by atoms with E-state index in [1.807, 2.05) is 31.3 Å². The van der Waals surface area contributed by atoms with Gasteiger partial charge in [-0.25, -0.2) is 0 Å². The number of carbonyl (C=O) groups is 1. The molecule has 23 heavy (non-hydrogen) atoms. The Kier molecular flexibility index (Phi) is 3.54. The maximum absolute atomic E-state index is 13.0. The maximum Gasteiger partial charge on any atom is 0.248 e. The van der Waals surface area contributed by atoms with Crippen molar-refractivity contribution >= 4 is 11.6 Å². The van der Waals surface area contributed by atoms with Crippen LogP contribution in [-0.2, 0) is 17.6 Å². The second-order valence-corrected chi connectivity index (χ2v) is 6.12. The highest BCUT2D eigenvalue weighted by molar-refractivity contribution is 5.97. The molecule has 0 radical (unpaired) electrons. The number of nitrogens with one attached hydrogen (secondary N) is 1. The number of carbonyl (C=O) groups excluding carboxylic acids is 1. The molecule has 0 saturated carbocycles. The van der Waals surface area contributed by atoms with E-state index in [1.54, 1.807) is 4.90 Å². The number of fused-ring (bicyclic) bond motifs is 2. The van der Waals surface area contributed by atoms with Crippen molar-refractivity contribution in [3.05, 3.63) is 59.2 Å². The molecule has 2 heterocycles. The molecule has 118 valence electrons. The van der Waals surface area contributed by atoms with Gasteiger partial charge in [0.1, 0.15) is 11.8 Å². The van der Waals surface area contributed by atoms with Crippen LogP contribution in [0.4, 0.5) is 5.69 Å². The first kappa shape index (κ1) is 14.3. The van der Waals surface area contributed by atoms with Crippen LogP contribution in [0.3, 0.4) is 0 Å². The van der Waals surface area contributed by atoms with Crippen LogP contribution in [0.2, 0.25) is 0 Å². The van der Waals surface area contributed by atoms with Crippen molar-refractivity contribution in [1.29, 1.82) is 0 Å². The van der Waals surface area contributed by atoms with E-state index in [0.717, 1.165) is 43.0 Å². The second kappa shape index (κ2) is 5.70. The van der Waals surface area contributed by atoms with E-state index in [-0.39, 0.29) is 11.9 Å². The van der Waals surface area contributed by atoms with Gasteiger partial charge in [-0.2, -0.15) is 0 Å². The van der Waals surface area contributed by atoms with Gasteiger partial charge in [0.2, 0.25) is 5.91 Å². The smallest absolute Gasteiger partial charge is 0.248 e. The van der Waals surface area contributed by atoms with Gasteiger partial charge in [-0.1, -0.05) is 24.3 Å². The fourth-order valence-corrected chi connectivity index (χ4v) is 3.43. The van der Waals surface area contributed by atoms with E-state index < -0.39 is 0 Å². The molecule has 0 spiro atoms. The molecule has 0 unspecified atom stereocenters. The molecule has 0 bridgehead atoms. The minimum absolute atomic E-state index is 0.0796. The largest absolute Gasteiger partial charge is 0.493 e. The first-order chi connectivity index (χ1) is 11.2. The van der Waals surface area contributed by atoms with Crippen molar-refractivity contribution in [2.75, 3.05) is 25.1 Å². The fourth-order valence-electron chi connectivity index (χ4n) is 3.43. The lowest BCUT2D eigenvalue weighted by Crippen LogP contribution is -2.42. The molecule has 2 aromatic rings. The van der Waals surface area contributed by atoms with Gasteiger partial charge < -0.3 is 15.0 Å². The van der Waals surface area contributed by atoms with Crippen LogP contribution >= 0.6 is 0 Å². The van der Waals surface area contributed by atoms with E-state index in [1.165, 1.54) is 11.1 Å². The Morgan fingerprint density at radius 1 is 1.17 bits per heavy atom. The number of benzene rings is 2. The Morgan fingerprint density at radius 3 is 2.96 bits per heavy atom. The third-order valence-corrected chi connectivity index (χ3v) is 4.75. The molecule has 4 heteroatoms. The molecule has 4 rings (SSSR count). The van der Waals surface area contributed by atoms with E-state index in [4.69, 9.17) is 4.74 Å². The number of nitrogens with zero attached hydrogens (tertiary/aromatic N) is 1. The first-order valence-electron chi connectivity index (χ1n) is 8.08. The molecule has 0 fully saturated rings. The Balaban J connectivity index is 1.62. The summed E-state index contributed by atoms with van der Waals surface area (Å²) in [5.74, 6) is 1.02. The number of amides is 1. The van der Waals surface area contributed by atoms with Gasteiger partial charge in [-0.15, -0.1) is 0 Å². The van der Waals surface area contributed by atoms with Crippen LogP contribution in [0.1, 0.15) is 22.7 Å². The molecule has 0 saturated heterocycles. The van der Waals surface area contributed by atoms with E-state index in [9.17, 15) is 4.79 Å². The Labute approximate surface area is 136 Å². The van der Waals surface area contributed by atoms with Crippen molar-refractivity contribution in [2.24, 2.45) is 0 Å². The van der Waals surface area contributed by atoms with Crippen molar-refractivity contribution < 1.29 is 9.53 Å². The minimum Gasteiger partial charge on any atom is -0.493 e. The first-order valence-corrected chi connectivity index (χ1v) is 8.08. The molecule has 1 amide bonds. The predicted molar refractivity (Wildman–Crippen MR) is 89.9 cm³/mol. The van der Waals surface area contributed by atoms with Crippen LogP contribution in [0.5, 0.6) is 5.75 Å². The molecule has 1 atom stereocenters. The molecule has 2 aromatic carbocycles. The summed E-state index contributed by atoms with van der Waals surface area (Å²) in [5, 5.41) is 3.36. The van der Waals surface area contributed by atoms with E-state index in [2.05, 4.69) is 23.5 Å². The summed E-state index contributed by atoms with van der Waals surface area (Å²) in [4.78, 5) is 14.7. The van der Waals surface area contributed by atoms with Crippen LogP contribution < -0.4 is 15.0 Å². The molecular weight excluding hydrogens is 288 g/mol.